The number of rotatable bonds is 3. The van der Waals surface area contributed by atoms with E-state index in [1.807, 2.05) is 18.5 Å². The SMILES string of the molecule is OC(c1cccnc1)(C1CCCCC1)C1CCCCC1. The molecule has 2 aliphatic rings. The van der Waals surface area contributed by atoms with Crippen molar-refractivity contribution in [3.05, 3.63) is 30.1 Å². The van der Waals surface area contributed by atoms with E-state index in [9.17, 15) is 5.11 Å². The molecular weight excluding hydrogens is 246 g/mol. The summed E-state index contributed by atoms with van der Waals surface area (Å²) in [6.45, 7) is 0. The molecule has 2 aliphatic carbocycles. The number of pyridine rings is 1. The second-order valence-corrected chi connectivity index (χ2v) is 6.74. The summed E-state index contributed by atoms with van der Waals surface area (Å²) in [6, 6.07) is 4.07. The highest BCUT2D eigenvalue weighted by molar-refractivity contribution is 5.21. The summed E-state index contributed by atoms with van der Waals surface area (Å²) in [4.78, 5) is 4.28. The first kappa shape index (κ1) is 14.1. The molecule has 1 aromatic heterocycles. The van der Waals surface area contributed by atoms with Gasteiger partial charge < -0.3 is 5.11 Å². The van der Waals surface area contributed by atoms with Gasteiger partial charge in [-0.15, -0.1) is 0 Å². The van der Waals surface area contributed by atoms with Crippen molar-refractivity contribution in [2.45, 2.75) is 69.8 Å². The van der Waals surface area contributed by atoms with Crippen molar-refractivity contribution >= 4 is 0 Å². The molecule has 3 rings (SSSR count). The van der Waals surface area contributed by atoms with Gasteiger partial charge in [-0.1, -0.05) is 44.6 Å². The van der Waals surface area contributed by atoms with Crippen LogP contribution in [0.1, 0.15) is 69.8 Å². The standard InChI is InChI=1S/C18H27NO/c20-18(15-8-3-1-4-9-15,16-10-5-2-6-11-16)17-12-7-13-19-14-17/h7,12-16,20H,1-6,8-11H2. The molecule has 0 aliphatic heterocycles. The molecule has 0 spiro atoms. The van der Waals surface area contributed by atoms with E-state index in [1.165, 1.54) is 64.2 Å². The summed E-state index contributed by atoms with van der Waals surface area (Å²) in [5, 5.41) is 11.7. The molecule has 1 N–H and O–H groups in total. The highest BCUT2D eigenvalue weighted by Gasteiger charge is 2.45. The van der Waals surface area contributed by atoms with E-state index < -0.39 is 5.60 Å². The van der Waals surface area contributed by atoms with Gasteiger partial charge in [-0.2, -0.15) is 0 Å². The van der Waals surface area contributed by atoms with Gasteiger partial charge in [0, 0.05) is 18.0 Å². The Morgan fingerprint density at radius 1 is 0.900 bits per heavy atom. The first-order valence-electron chi connectivity index (χ1n) is 8.44. The Morgan fingerprint density at radius 3 is 1.90 bits per heavy atom. The summed E-state index contributed by atoms with van der Waals surface area (Å²) in [5.41, 5.74) is 0.438. The fourth-order valence-corrected chi connectivity index (χ4v) is 4.49. The highest BCUT2D eigenvalue weighted by atomic mass is 16.3. The minimum Gasteiger partial charge on any atom is -0.385 e. The monoisotopic (exact) mass is 273 g/mol. The number of hydrogen-bond acceptors (Lipinski definition) is 2. The molecule has 1 aromatic rings. The third-order valence-electron chi connectivity index (χ3n) is 5.58. The van der Waals surface area contributed by atoms with Crippen LogP contribution >= 0.6 is 0 Å². The van der Waals surface area contributed by atoms with Crippen LogP contribution in [0.2, 0.25) is 0 Å². The molecule has 0 radical (unpaired) electrons. The van der Waals surface area contributed by atoms with Gasteiger partial charge in [0.25, 0.3) is 0 Å². The Hall–Kier alpha value is -0.890. The molecule has 2 saturated carbocycles. The van der Waals surface area contributed by atoms with E-state index in [-0.39, 0.29) is 0 Å². The van der Waals surface area contributed by atoms with Crippen LogP contribution in [0.4, 0.5) is 0 Å². The molecule has 2 heteroatoms. The Labute approximate surface area is 122 Å². The Balaban J connectivity index is 1.92. The van der Waals surface area contributed by atoms with Crippen LogP contribution in [0.3, 0.4) is 0 Å². The van der Waals surface area contributed by atoms with Crippen molar-refractivity contribution in [3.8, 4) is 0 Å². The van der Waals surface area contributed by atoms with Crippen LogP contribution in [0.5, 0.6) is 0 Å². The zero-order valence-electron chi connectivity index (χ0n) is 12.4. The first-order valence-corrected chi connectivity index (χ1v) is 8.44. The quantitative estimate of drug-likeness (QED) is 0.883. The van der Waals surface area contributed by atoms with Crippen LogP contribution in [0, 0.1) is 11.8 Å². The second kappa shape index (κ2) is 6.26. The zero-order valence-corrected chi connectivity index (χ0v) is 12.4. The molecule has 2 fully saturated rings. The van der Waals surface area contributed by atoms with Crippen LogP contribution in [0.15, 0.2) is 24.5 Å². The Morgan fingerprint density at radius 2 is 1.45 bits per heavy atom. The predicted octanol–water partition coefficient (Wildman–Crippen LogP) is 4.43. The summed E-state index contributed by atoms with van der Waals surface area (Å²) < 4.78 is 0. The van der Waals surface area contributed by atoms with Crippen LogP contribution < -0.4 is 0 Å². The van der Waals surface area contributed by atoms with Gasteiger partial charge in [-0.3, -0.25) is 4.98 Å². The minimum absolute atomic E-state index is 0.434. The Bertz CT molecular complexity index is 387. The third-order valence-corrected chi connectivity index (χ3v) is 5.58. The lowest BCUT2D eigenvalue weighted by Crippen LogP contribution is -2.44. The number of nitrogens with zero attached hydrogens (tertiary/aromatic N) is 1. The molecule has 0 unspecified atom stereocenters. The fraction of sp³-hybridized carbons (Fsp3) is 0.722. The maximum Gasteiger partial charge on any atom is 0.0967 e. The second-order valence-electron chi connectivity index (χ2n) is 6.74. The summed E-state index contributed by atoms with van der Waals surface area (Å²) in [6.07, 6.45) is 16.2. The van der Waals surface area contributed by atoms with Gasteiger partial charge in [0.2, 0.25) is 0 Å². The normalized spacial score (nSPS) is 22.9. The fourth-order valence-electron chi connectivity index (χ4n) is 4.49. The van der Waals surface area contributed by atoms with Gasteiger partial charge in [-0.25, -0.2) is 0 Å². The molecule has 110 valence electrons. The van der Waals surface area contributed by atoms with Crippen LogP contribution in [-0.2, 0) is 5.60 Å². The highest BCUT2D eigenvalue weighted by Crippen LogP contribution is 2.48. The maximum absolute atomic E-state index is 11.7. The van der Waals surface area contributed by atoms with E-state index in [0.717, 1.165) is 5.56 Å². The lowest BCUT2D eigenvalue weighted by atomic mass is 9.64. The minimum atomic E-state index is -0.630. The average molecular weight is 273 g/mol. The smallest absolute Gasteiger partial charge is 0.0967 e. The molecule has 0 atom stereocenters. The van der Waals surface area contributed by atoms with E-state index in [0.29, 0.717) is 11.8 Å². The van der Waals surface area contributed by atoms with Crippen LogP contribution in [-0.4, -0.2) is 10.1 Å². The van der Waals surface area contributed by atoms with Crippen LogP contribution in [0.25, 0.3) is 0 Å². The van der Waals surface area contributed by atoms with E-state index >= 15 is 0 Å². The summed E-state index contributed by atoms with van der Waals surface area (Å²) >= 11 is 0. The molecule has 0 amide bonds. The van der Waals surface area contributed by atoms with E-state index in [2.05, 4.69) is 11.1 Å². The van der Waals surface area contributed by atoms with Gasteiger partial charge in [0.05, 0.1) is 5.60 Å². The number of aromatic nitrogens is 1. The van der Waals surface area contributed by atoms with E-state index in [1.54, 1.807) is 0 Å². The van der Waals surface area contributed by atoms with Gasteiger partial charge in [0.1, 0.15) is 0 Å². The maximum atomic E-state index is 11.7. The topological polar surface area (TPSA) is 33.1 Å². The van der Waals surface area contributed by atoms with E-state index in [4.69, 9.17) is 0 Å². The molecule has 0 aromatic carbocycles. The van der Waals surface area contributed by atoms with Crippen molar-refractivity contribution in [3.63, 3.8) is 0 Å². The van der Waals surface area contributed by atoms with Gasteiger partial charge in [-0.05, 0) is 43.6 Å². The largest absolute Gasteiger partial charge is 0.385 e. The zero-order chi connectivity index (χ0) is 13.8. The van der Waals surface area contributed by atoms with Crippen molar-refractivity contribution in [2.24, 2.45) is 11.8 Å². The average Bonchev–Trinajstić information content (AvgIpc) is 2.56. The van der Waals surface area contributed by atoms with Gasteiger partial charge in [0.15, 0.2) is 0 Å². The molecular formula is C18H27NO. The van der Waals surface area contributed by atoms with Crippen molar-refractivity contribution in [1.82, 2.24) is 4.98 Å². The first-order chi connectivity index (χ1) is 9.82. The number of hydrogen-bond donors (Lipinski definition) is 1. The molecule has 0 saturated heterocycles. The number of aliphatic hydroxyl groups is 1. The lowest BCUT2D eigenvalue weighted by Gasteiger charge is -2.45. The third kappa shape index (κ3) is 2.63. The molecule has 2 nitrogen and oxygen atoms in total. The summed E-state index contributed by atoms with van der Waals surface area (Å²) in [7, 11) is 0. The Kier molecular flexibility index (Phi) is 4.40. The summed E-state index contributed by atoms with van der Waals surface area (Å²) in [5.74, 6) is 0.868. The molecule has 1 heterocycles. The van der Waals surface area contributed by atoms with Gasteiger partial charge >= 0.3 is 0 Å². The molecule has 0 bridgehead atoms. The molecule has 20 heavy (non-hydrogen) atoms. The van der Waals surface area contributed by atoms with Crippen molar-refractivity contribution in [1.29, 1.82) is 0 Å². The van der Waals surface area contributed by atoms with Crippen molar-refractivity contribution < 1.29 is 5.11 Å². The van der Waals surface area contributed by atoms with Crippen molar-refractivity contribution in [2.75, 3.05) is 0 Å². The predicted molar refractivity (Wildman–Crippen MR) is 81.3 cm³/mol. The lowest BCUT2D eigenvalue weighted by molar-refractivity contribution is -0.0991.